The number of hydrogen-bond donors (Lipinski definition) is 4. The fraction of sp³-hybridized carbons (Fsp3) is 0.222. The summed E-state index contributed by atoms with van der Waals surface area (Å²) in [6, 6.07) is 6.15. The minimum Gasteiger partial charge on any atom is -0.392 e. The number of aliphatic hydroxyl groups is 1. The highest BCUT2D eigenvalue weighted by atomic mass is 19.1. The van der Waals surface area contributed by atoms with Crippen LogP contribution in [0.2, 0.25) is 0 Å². The van der Waals surface area contributed by atoms with E-state index in [9.17, 15) is 13.9 Å². The highest BCUT2D eigenvalue weighted by Gasteiger charge is 2.13. The topological polar surface area (TPSA) is 122 Å². The molecule has 28 heavy (non-hydrogen) atoms. The molecule has 5 N–H and O–H groups in total. The van der Waals surface area contributed by atoms with Gasteiger partial charge in [0.1, 0.15) is 23.1 Å². The molecule has 3 rings (SSSR count). The fourth-order valence-corrected chi connectivity index (χ4v) is 2.44. The molecule has 0 unspecified atom stereocenters. The maximum absolute atomic E-state index is 13.5. The molecule has 0 aliphatic rings. The van der Waals surface area contributed by atoms with E-state index in [1.165, 1.54) is 6.07 Å². The first kappa shape index (κ1) is 19.4. The molecule has 0 fully saturated rings. The molecule has 0 bridgehead atoms. The third-order valence-electron chi connectivity index (χ3n) is 3.49. The minimum absolute atomic E-state index is 0.0246. The summed E-state index contributed by atoms with van der Waals surface area (Å²) in [5, 5.41) is 15.2. The summed E-state index contributed by atoms with van der Waals surface area (Å²) >= 11 is 0. The largest absolute Gasteiger partial charge is 0.392 e. The number of rotatable bonds is 6. The van der Waals surface area contributed by atoms with Crippen molar-refractivity contribution in [3.63, 3.8) is 0 Å². The van der Waals surface area contributed by atoms with Crippen LogP contribution >= 0.6 is 0 Å². The first-order valence-corrected chi connectivity index (χ1v) is 8.46. The second-order valence-corrected chi connectivity index (χ2v) is 6.33. The Balaban J connectivity index is 2.05. The van der Waals surface area contributed by atoms with Crippen LogP contribution in [0.25, 0.3) is 11.5 Å². The molecule has 10 heteroatoms. The normalized spacial score (nSPS) is 10.9. The zero-order valence-electron chi connectivity index (χ0n) is 15.2. The Morgan fingerprint density at radius 2 is 1.64 bits per heavy atom. The highest BCUT2D eigenvalue weighted by Crippen LogP contribution is 2.22. The van der Waals surface area contributed by atoms with Crippen molar-refractivity contribution in [3.8, 4) is 11.5 Å². The van der Waals surface area contributed by atoms with E-state index in [4.69, 9.17) is 5.73 Å². The van der Waals surface area contributed by atoms with Gasteiger partial charge in [-0.15, -0.1) is 0 Å². The van der Waals surface area contributed by atoms with E-state index in [0.717, 1.165) is 18.2 Å². The van der Waals surface area contributed by atoms with Gasteiger partial charge in [-0.2, -0.15) is 15.0 Å². The molecule has 0 saturated carbocycles. The monoisotopic (exact) mass is 387 g/mol. The number of benzene rings is 1. The zero-order valence-corrected chi connectivity index (χ0v) is 15.2. The van der Waals surface area contributed by atoms with Gasteiger partial charge in [0.15, 0.2) is 5.82 Å². The maximum atomic E-state index is 13.5. The lowest BCUT2D eigenvalue weighted by atomic mass is 10.2. The molecule has 0 saturated heterocycles. The first-order valence-electron chi connectivity index (χ1n) is 8.46. The molecule has 1 aromatic carbocycles. The Labute approximate surface area is 159 Å². The predicted molar refractivity (Wildman–Crippen MR) is 102 cm³/mol. The Morgan fingerprint density at radius 1 is 0.964 bits per heavy atom. The van der Waals surface area contributed by atoms with E-state index in [1.54, 1.807) is 6.07 Å². The summed E-state index contributed by atoms with van der Waals surface area (Å²) < 4.78 is 26.9. The van der Waals surface area contributed by atoms with Crippen LogP contribution in [-0.4, -0.2) is 31.1 Å². The van der Waals surface area contributed by atoms with Crippen molar-refractivity contribution >= 4 is 23.4 Å². The van der Waals surface area contributed by atoms with Crippen LogP contribution in [0.3, 0.4) is 0 Å². The van der Waals surface area contributed by atoms with Gasteiger partial charge in [0.05, 0.1) is 6.61 Å². The molecule has 0 aliphatic carbocycles. The minimum atomic E-state index is -0.734. The highest BCUT2D eigenvalue weighted by molar-refractivity contribution is 5.60. The summed E-state index contributed by atoms with van der Waals surface area (Å²) in [5.41, 5.74) is 6.79. The number of nitrogen functional groups attached to an aromatic ring is 1. The number of pyridine rings is 1. The second kappa shape index (κ2) is 8.09. The average molecular weight is 387 g/mol. The van der Waals surface area contributed by atoms with Gasteiger partial charge in [0.25, 0.3) is 0 Å². The van der Waals surface area contributed by atoms with Crippen molar-refractivity contribution in [3.05, 3.63) is 47.5 Å². The Morgan fingerprint density at radius 3 is 2.29 bits per heavy atom. The molecule has 0 amide bonds. The SMILES string of the molecule is CC(C)Nc1nc(Nc2cc(F)cc(F)c2)nc(-c2cc(CO)cc(N)n2)n1. The van der Waals surface area contributed by atoms with Gasteiger partial charge in [-0.1, -0.05) is 0 Å². The van der Waals surface area contributed by atoms with E-state index in [2.05, 4.69) is 30.6 Å². The Hall–Kier alpha value is -3.40. The molecule has 0 spiro atoms. The lowest BCUT2D eigenvalue weighted by Gasteiger charge is -2.12. The standard InChI is InChI=1S/C18H19F2N7O/c1-9(2)22-17-25-16(14-3-10(8-28)4-15(21)24-14)26-18(27-17)23-13-6-11(19)5-12(20)7-13/h3-7,9,28H,8H2,1-2H3,(H2,21,24)(H2,22,23,25,26,27). The lowest BCUT2D eigenvalue weighted by molar-refractivity contribution is 0.282. The number of aromatic nitrogens is 4. The lowest BCUT2D eigenvalue weighted by Crippen LogP contribution is -2.15. The molecule has 3 aromatic rings. The number of aliphatic hydroxyl groups excluding tert-OH is 1. The molecular formula is C18H19F2N7O. The van der Waals surface area contributed by atoms with Crippen LogP contribution in [0.4, 0.5) is 32.2 Å². The van der Waals surface area contributed by atoms with Crippen LogP contribution in [0, 0.1) is 11.6 Å². The Kier molecular flexibility index (Phi) is 5.59. The number of nitrogens with one attached hydrogen (secondary N) is 2. The number of nitrogens with zero attached hydrogens (tertiary/aromatic N) is 4. The second-order valence-electron chi connectivity index (χ2n) is 6.33. The van der Waals surface area contributed by atoms with Gasteiger partial charge in [0.2, 0.25) is 11.9 Å². The quantitative estimate of drug-likeness (QED) is 0.509. The molecule has 2 heterocycles. The Bertz CT molecular complexity index is 977. The van der Waals surface area contributed by atoms with Crippen LogP contribution in [0.15, 0.2) is 30.3 Å². The number of nitrogens with two attached hydrogens (primary N) is 1. The summed E-state index contributed by atoms with van der Waals surface area (Å²) in [7, 11) is 0. The van der Waals surface area contributed by atoms with Gasteiger partial charge < -0.3 is 21.5 Å². The van der Waals surface area contributed by atoms with Crippen molar-refractivity contribution < 1.29 is 13.9 Å². The van der Waals surface area contributed by atoms with E-state index in [0.29, 0.717) is 11.3 Å². The number of halogens is 2. The van der Waals surface area contributed by atoms with Crippen molar-refractivity contribution in [2.24, 2.45) is 0 Å². The summed E-state index contributed by atoms with van der Waals surface area (Å²) in [6.07, 6.45) is 0. The summed E-state index contributed by atoms with van der Waals surface area (Å²) in [4.78, 5) is 17.0. The van der Waals surface area contributed by atoms with Crippen LogP contribution in [0.5, 0.6) is 0 Å². The average Bonchev–Trinajstić information content (AvgIpc) is 2.59. The zero-order chi connectivity index (χ0) is 20.3. The molecule has 0 radical (unpaired) electrons. The maximum Gasteiger partial charge on any atom is 0.232 e. The van der Waals surface area contributed by atoms with Gasteiger partial charge in [-0.3, -0.25) is 0 Å². The molecular weight excluding hydrogens is 368 g/mol. The van der Waals surface area contributed by atoms with Crippen molar-refractivity contribution in [2.45, 2.75) is 26.5 Å². The molecule has 0 atom stereocenters. The van der Waals surface area contributed by atoms with Gasteiger partial charge in [-0.25, -0.2) is 13.8 Å². The predicted octanol–water partition coefficient (Wildman–Crippen LogP) is 2.85. The van der Waals surface area contributed by atoms with Gasteiger partial charge in [-0.05, 0) is 43.7 Å². The van der Waals surface area contributed by atoms with Gasteiger partial charge in [0, 0.05) is 17.8 Å². The van der Waals surface area contributed by atoms with Crippen LogP contribution in [-0.2, 0) is 6.61 Å². The molecule has 146 valence electrons. The van der Waals surface area contributed by atoms with E-state index in [-0.39, 0.29) is 41.9 Å². The summed E-state index contributed by atoms with van der Waals surface area (Å²) in [5.74, 6) is -0.784. The summed E-state index contributed by atoms with van der Waals surface area (Å²) in [6.45, 7) is 3.58. The smallest absolute Gasteiger partial charge is 0.232 e. The van der Waals surface area contributed by atoms with Crippen LogP contribution in [0.1, 0.15) is 19.4 Å². The van der Waals surface area contributed by atoms with E-state index in [1.807, 2.05) is 13.8 Å². The number of hydrogen-bond acceptors (Lipinski definition) is 8. The van der Waals surface area contributed by atoms with Crippen molar-refractivity contribution in [1.29, 1.82) is 0 Å². The molecule has 2 aromatic heterocycles. The van der Waals surface area contributed by atoms with Crippen LogP contribution < -0.4 is 16.4 Å². The number of anilines is 4. The third-order valence-corrected chi connectivity index (χ3v) is 3.49. The van der Waals surface area contributed by atoms with E-state index >= 15 is 0 Å². The third kappa shape index (κ3) is 4.86. The van der Waals surface area contributed by atoms with Gasteiger partial charge >= 0.3 is 0 Å². The molecule has 0 aliphatic heterocycles. The van der Waals surface area contributed by atoms with E-state index < -0.39 is 11.6 Å². The van der Waals surface area contributed by atoms with Crippen molar-refractivity contribution in [1.82, 2.24) is 19.9 Å². The first-order chi connectivity index (χ1) is 13.3. The van der Waals surface area contributed by atoms with Crippen molar-refractivity contribution in [2.75, 3.05) is 16.4 Å². The fourth-order valence-electron chi connectivity index (χ4n) is 2.44. The molecule has 8 nitrogen and oxygen atoms in total.